The van der Waals surface area contributed by atoms with E-state index in [-0.39, 0.29) is 12.8 Å². The molecule has 4 aliphatic rings. The lowest BCUT2D eigenvalue weighted by Crippen LogP contribution is -2.53. The van der Waals surface area contributed by atoms with Crippen LogP contribution in [0.2, 0.25) is 0 Å². The van der Waals surface area contributed by atoms with Gasteiger partial charge in [0, 0.05) is 56.4 Å². The number of nitrogens with zero attached hydrogens (tertiary/aromatic N) is 2. The van der Waals surface area contributed by atoms with Gasteiger partial charge in [0.2, 0.25) is 0 Å². The van der Waals surface area contributed by atoms with Gasteiger partial charge in [-0.3, -0.25) is 0 Å². The molecule has 1 aromatic carbocycles. The van der Waals surface area contributed by atoms with Crippen molar-refractivity contribution >= 4 is 11.4 Å². The van der Waals surface area contributed by atoms with Crippen LogP contribution in [0.5, 0.6) is 0 Å². The smallest absolute Gasteiger partial charge is 0.251 e. The summed E-state index contributed by atoms with van der Waals surface area (Å²) in [5, 5.41) is 3.61. The molecule has 4 fully saturated rings. The van der Waals surface area contributed by atoms with Crippen molar-refractivity contribution in [3.63, 3.8) is 0 Å². The molecule has 0 spiro atoms. The van der Waals surface area contributed by atoms with Crippen LogP contribution in [0.25, 0.3) is 0 Å². The molecule has 0 unspecified atom stereocenters. The van der Waals surface area contributed by atoms with Crippen molar-refractivity contribution in [1.82, 2.24) is 5.32 Å². The topological polar surface area (TPSA) is 18.5 Å². The average molecular weight is 349 g/mol. The van der Waals surface area contributed by atoms with E-state index in [0.29, 0.717) is 30.5 Å². The number of hydrogen-bond donors (Lipinski definition) is 1. The number of rotatable bonds is 2. The summed E-state index contributed by atoms with van der Waals surface area (Å²) in [5.74, 6) is -1.79. The Morgan fingerprint density at radius 3 is 2.32 bits per heavy atom. The molecule has 0 saturated carbocycles. The molecule has 0 aromatic heterocycles. The van der Waals surface area contributed by atoms with Gasteiger partial charge >= 0.3 is 0 Å². The third-order valence-electron chi connectivity index (χ3n) is 6.36. The van der Waals surface area contributed by atoms with Crippen molar-refractivity contribution in [3.05, 3.63) is 24.3 Å². The summed E-state index contributed by atoms with van der Waals surface area (Å²) in [7, 11) is 0. The lowest BCUT2D eigenvalue weighted by molar-refractivity contribution is -0.0220. The Kier molecular flexibility index (Phi) is 4.18. The molecule has 5 rings (SSSR count). The summed E-state index contributed by atoms with van der Waals surface area (Å²) in [6.07, 6.45) is 1.20. The van der Waals surface area contributed by atoms with E-state index in [1.807, 2.05) is 0 Å². The van der Waals surface area contributed by atoms with Gasteiger partial charge < -0.3 is 15.1 Å². The first-order valence-corrected chi connectivity index (χ1v) is 9.54. The van der Waals surface area contributed by atoms with E-state index in [4.69, 9.17) is 0 Å². The Balaban J connectivity index is 1.51. The number of fused-ring (bicyclic) bond motifs is 4. The van der Waals surface area contributed by atoms with Gasteiger partial charge in [0.1, 0.15) is 0 Å². The molecule has 0 aliphatic carbocycles. The monoisotopic (exact) mass is 349 g/mol. The number of piperidine rings is 2. The minimum atomic E-state index is -2.49. The summed E-state index contributed by atoms with van der Waals surface area (Å²) in [4.78, 5) is 4.64. The van der Waals surface area contributed by atoms with Crippen molar-refractivity contribution in [1.29, 1.82) is 0 Å². The largest absolute Gasteiger partial charge is 0.371 e. The predicted octanol–water partition coefficient (Wildman–Crippen LogP) is 3.75. The van der Waals surface area contributed by atoms with Crippen LogP contribution in [0.4, 0.5) is 20.2 Å². The van der Waals surface area contributed by atoms with E-state index in [9.17, 15) is 8.78 Å². The van der Waals surface area contributed by atoms with Gasteiger partial charge in [-0.1, -0.05) is 13.8 Å². The SMILES string of the molecule is CC1(C)C[C@@H]2CNC[C@H]1N(c1ccc(N3CCC(F)(F)CC3)cc1)C2. The summed E-state index contributed by atoms with van der Waals surface area (Å²) >= 11 is 0. The highest BCUT2D eigenvalue weighted by atomic mass is 19.3. The molecule has 1 N–H and O–H groups in total. The number of alkyl halides is 2. The third-order valence-corrected chi connectivity index (χ3v) is 6.36. The van der Waals surface area contributed by atoms with Gasteiger partial charge in [-0.05, 0) is 48.6 Å². The molecule has 1 aromatic rings. The molecular formula is C20H29F2N3. The van der Waals surface area contributed by atoms with E-state index in [0.717, 1.165) is 25.3 Å². The number of nitrogens with one attached hydrogen (secondary N) is 1. The van der Waals surface area contributed by atoms with Crippen LogP contribution in [0, 0.1) is 11.3 Å². The number of hydrogen-bond acceptors (Lipinski definition) is 3. The van der Waals surface area contributed by atoms with Crippen LogP contribution in [-0.4, -0.2) is 44.7 Å². The molecule has 2 atom stereocenters. The van der Waals surface area contributed by atoms with Crippen LogP contribution < -0.4 is 15.1 Å². The fraction of sp³-hybridized carbons (Fsp3) is 0.700. The van der Waals surface area contributed by atoms with Gasteiger partial charge in [-0.15, -0.1) is 0 Å². The Bertz CT molecular complexity index is 604. The second kappa shape index (κ2) is 6.11. The molecule has 138 valence electrons. The molecule has 0 radical (unpaired) electrons. The molecule has 5 heteroatoms. The lowest BCUT2D eigenvalue weighted by Gasteiger charge is -2.48. The van der Waals surface area contributed by atoms with Crippen molar-refractivity contribution < 1.29 is 8.78 Å². The minimum Gasteiger partial charge on any atom is -0.371 e. The standard InChI is InChI=1S/C20H29F2N3/c1-19(2)11-15-12-23-13-18(19)25(14-15)17-5-3-16(4-6-17)24-9-7-20(21,22)8-10-24/h3-6,15,18,23H,7-14H2,1-2H3/t15-,18-/m1/s1. The van der Waals surface area contributed by atoms with Crippen LogP contribution in [0.15, 0.2) is 24.3 Å². The quantitative estimate of drug-likeness (QED) is 0.877. The van der Waals surface area contributed by atoms with Crippen molar-refractivity contribution in [2.75, 3.05) is 42.5 Å². The summed E-state index contributed by atoms with van der Waals surface area (Å²) in [6, 6.07) is 9.08. The molecular weight excluding hydrogens is 320 g/mol. The van der Waals surface area contributed by atoms with Gasteiger partial charge in [-0.25, -0.2) is 8.78 Å². The van der Waals surface area contributed by atoms with Gasteiger partial charge in [0.25, 0.3) is 5.92 Å². The van der Waals surface area contributed by atoms with Gasteiger partial charge in [-0.2, -0.15) is 0 Å². The van der Waals surface area contributed by atoms with Crippen LogP contribution in [-0.2, 0) is 0 Å². The van der Waals surface area contributed by atoms with Crippen molar-refractivity contribution in [2.45, 2.75) is 45.1 Å². The molecule has 0 amide bonds. The Morgan fingerprint density at radius 2 is 1.64 bits per heavy atom. The average Bonchev–Trinajstić information content (AvgIpc) is 2.85. The maximum Gasteiger partial charge on any atom is 0.251 e. The van der Waals surface area contributed by atoms with Gasteiger partial charge in [0.05, 0.1) is 0 Å². The van der Waals surface area contributed by atoms with Crippen molar-refractivity contribution in [3.8, 4) is 0 Å². The highest BCUT2D eigenvalue weighted by Gasteiger charge is 2.43. The maximum atomic E-state index is 13.4. The third kappa shape index (κ3) is 3.35. The van der Waals surface area contributed by atoms with Crippen LogP contribution >= 0.6 is 0 Å². The zero-order chi connectivity index (χ0) is 17.7. The zero-order valence-electron chi connectivity index (χ0n) is 15.3. The number of anilines is 2. The number of halogens is 2. The highest BCUT2D eigenvalue weighted by molar-refractivity contribution is 5.58. The number of benzene rings is 1. The lowest BCUT2D eigenvalue weighted by atomic mass is 9.73. The fourth-order valence-electron chi connectivity index (χ4n) is 4.95. The Morgan fingerprint density at radius 1 is 1.00 bits per heavy atom. The second-order valence-electron chi connectivity index (χ2n) is 8.74. The first kappa shape index (κ1) is 17.1. The Hall–Kier alpha value is -1.36. The summed E-state index contributed by atoms with van der Waals surface area (Å²) < 4.78 is 26.7. The zero-order valence-corrected chi connectivity index (χ0v) is 15.3. The maximum absolute atomic E-state index is 13.4. The molecule has 25 heavy (non-hydrogen) atoms. The predicted molar refractivity (Wildman–Crippen MR) is 98.7 cm³/mol. The van der Waals surface area contributed by atoms with Crippen molar-refractivity contribution in [2.24, 2.45) is 11.3 Å². The van der Waals surface area contributed by atoms with E-state index in [1.54, 1.807) is 0 Å². The molecule has 4 saturated heterocycles. The molecule has 4 heterocycles. The van der Waals surface area contributed by atoms with E-state index >= 15 is 0 Å². The fourth-order valence-corrected chi connectivity index (χ4v) is 4.95. The minimum absolute atomic E-state index is 0.0372. The molecule has 4 aliphatic heterocycles. The Labute approximate surface area is 149 Å². The molecule has 2 bridgehead atoms. The first-order chi connectivity index (χ1) is 11.8. The summed E-state index contributed by atoms with van der Waals surface area (Å²) in [6.45, 7) is 8.90. The van der Waals surface area contributed by atoms with E-state index in [2.05, 4.69) is 53.2 Å². The molecule has 3 nitrogen and oxygen atoms in total. The van der Waals surface area contributed by atoms with Gasteiger partial charge in [0.15, 0.2) is 0 Å². The van der Waals surface area contributed by atoms with Crippen LogP contribution in [0.1, 0.15) is 33.1 Å². The summed E-state index contributed by atoms with van der Waals surface area (Å²) in [5.41, 5.74) is 2.64. The normalized spacial score (nSPS) is 31.0. The van der Waals surface area contributed by atoms with E-state index in [1.165, 1.54) is 12.1 Å². The van der Waals surface area contributed by atoms with Crippen LogP contribution in [0.3, 0.4) is 0 Å². The highest BCUT2D eigenvalue weighted by Crippen LogP contribution is 2.41. The second-order valence-corrected chi connectivity index (χ2v) is 8.74. The first-order valence-electron chi connectivity index (χ1n) is 9.54. The van der Waals surface area contributed by atoms with E-state index < -0.39 is 5.92 Å².